The topological polar surface area (TPSA) is 161 Å². The monoisotopic (exact) mass is 487 g/mol. The molecule has 1 aliphatic heterocycles. The van der Waals surface area contributed by atoms with E-state index in [0.717, 1.165) is 43.2 Å². The Labute approximate surface area is 194 Å². The summed E-state index contributed by atoms with van der Waals surface area (Å²) in [6, 6.07) is -1.09. The summed E-state index contributed by atoms with van der Waals surface area (Å²) in [5.41, 5.74) is -2.11. The maximum atomic E-state index is 12.2. The quantitative estimate of drug-likeness (QED) is 0.239. The van der Waals surface area contributed by atoms with Gasteiger partial charge in [-0.2, -0.15) is 8.75 Å². The molecule has 1 aromatic heterocycles. The summed E-state index contributed by atoms with van der Waals surface area (Å²) < 4.78 is 8.68. The number of nitrogens with zero attached hydrogens (tertiary/aromatic N) is 3. The van der Waals surface area contributed by atoms with Gasteiger partial charge >= 0.3 is 17.9 Å². The maximum Gasteiger partial charge on any atom is 0.337 e. The van der Waals surface area contributed by atoms with Gasteiger partial charge in [0, 0.05) is 6.54 Å². The zero-order chi connectivity index (χ0) is 23.9. The number of carboxylic acids is 3. The van der Waals surface area contributed by atoms with Crippen LogP contribution in [0.5, 0.6) is 0 Å². The Morgan fingerprint density at radius 3 is 2.56 bits per heavy atom. The first-order valence-corrected chi connectivity index (χ1v) is 12.1. The number of likely N-dealkylation sites (N-methyl/N-ethyl adjacent to an activating group) is 1. The van der Waals surface area contributed by atoms with Crippen LogP contribution < -0.4 is 0 Å². The highest BCUT2D eigenvalue weighted by Crippen LogP contribution is 2.40. The van der Waals surface area contributed by atoms with E-state index >= 15 is 0 Å². The van der Waals surface area contributed by atoms with Gasteiger partial charge in [-0.25, -0.2) is 4.79 Å². The molecule has 178 valence electrons. The van der Waals surface area contributed by atoms with Gasteiger partial charge in [0.2, 0.25) is 0 Å². The molecule has 0 radical (unpaired) electrons. The highest BCUT2D eigenvalue weighted by molar-refractivity contribution is 7.99. The standard InChI is InChI=1S/C20H29N3O7S2/c1-3-4-5-6-10-31-17-15(21-32-22-17)12-8-7-9-23(2)16(12)14(18(26)27)20(30,19(28)29)11-13(24)25/h8,14,16,30H,3-7,9-11H2,1-2H3,(H,24,25)(H,26,27)(H,28,29). The zero-order valence-corrected chi connectivity index (χ0v) is 19.7. The SMILES string of the molecule is CCCCCCSc1nsnc1C1=CCCN(C)C1C(C(=O)O)C(O)(CC(=O)O)C(=O)O. The molecule has 2 heterocycles. The number of hydrogen-bond donors (Lipinski definition) is 4. The highest BCUT2D eigenvalue weighted by atomic mass is 32.2. The molecule has 10 nitrogen and oxygen atoms in total. The molecule has 4 N–H and O–H groups in total. The lowest BCUT2D eigenvalue weighted by Gasteiger charge is -2.41. The fourth-order valence-corrected chi connectivity index (χ4v) is 5.58. The molecule has 0 spiro atoms. The van der Waals surface area contributed by atoms with E-state index < -0.39 is 41.9 Å². The molecule has 0 saturated carbocycles. The van der Waals surface area contributed by atoms with E-state index in [9.17, 15) is 34.8 Å². The number of aliphatic carboxylic acids is 3. The lowest BCUT2D eigenvalue weighted by molar-refractivity contribution is -0.182. The molecule has 0 saturated heterocycles. The summed E-state index contributed by atoms with van der Waals surface area (Å²) in [7, 11) is 1.62. The van der Waals surface area contributed by atoms with Crippen molar-refractivity contribution in [3.8, 4) is 0 Å². The van der Waals surface area contributed by atoms with Crippen molar-refractivity contribution in [3.63, 3.8) is 0 Å². The molecular weight excluding hydrogens is 458 g/mol. The van der Waals surface area contributed by atoms with E-state index in [1.807, 2.05) is 0 Å². The lowest BCUT2D eigenvalue weighted by Crippen LogP contribution is -2.59. The fourth-order valence-electron chi connectivity index (χ4n) is 3.89. The van der Waals surface area contributed by atoms with Crippen molar-refractivity contribution in [2.24, 2.45) is 5.92 Å². The third-order valence-electron chi connectivity index (χ3n) is 5.50. The van der Waals surface area contributed by atoms with Crippen molar-refractivity contribution in [1.29, 1.82) is 0 Å². The van der Waals surface area contributed by atoms with Crippen molar-refractivity contribution in [2.75, 3.05) is 19.3 Å². The number of hydrogen-bond acceptors (Lipinski definition) is 9. The molecule has 0 aromatic carbocycles. The number of carboxylic acid groups (broad SMARTS) is 3. The first-order chi connectivity index (χ1) is 15.1. The number of carbonyl (C=O) groups is 3. The van der Waals surface area contributed by atoms with Gasteiger partial charge in [-0.3, -0.25) is 14.5 Å². The number of thioether (sulfide) groups is 1. The maximum absolute atomic E-state index is 12.2. The van der Waals surface area contributed by atoms with E-state index in [1.165, 1.54) is 11.8 Å². The molecule has 1 aromatic rings. The van der Waals surface area contributed by atoms with Crippen molar-refractivity contribution >= 4 is 47.0 Å². The average Bonchev–Trinajstić information content (AvgIpc) is 3.16. The summed E-state index contributed by atoms with van der Waals surface area (Å²) in [5, 5.41) is 40.2. The fraction of sp³-hybridized carbons (Fsp3) is 0.650. The molecule has 0 amide bonds. The van der Waals surface area contributed by atoms with Gasteiger partial charge in [0.1, 0.15) is 16.6 Å². The Morgan fingerprint density at radius 1 is 1.25 bits per heavy atom. The second kappa shape index (κ2) is 11.7. The molecular formula is C20H29N3O7S2. The van der Waals surface area contributed by atoms with Crippen LogP contribution in [0.4, 0.5) is 0 Å². The minimum Gasteiger partial charge on any atom is -0.481 e. The Hall–Kier alpha value is -2.02. The highest BCUT2D eigenvalue weighted by Gasteiger charge is 2.56. The smallest absolute Gasteiger partial charge is 0.337 e. The summed E-state index contributed by atoms with van der Waals surface area (Å²) in [6.45, 7) is 2.54. The van der Waals surface area contributed by atoms with Gasteiger partial charge in [0.15, 0.2) is 5.60 Å². The van der Waals surface area contributed by atoms with Crippen LogP contribution in [0, 0.1) is 5.92 Å². The van der Waals surface area contributed by atoms with E-state index in [4.69, 9.17) is 0 Å². The Kier molecular flexibility index (Phi) is 9.62. The molecule has 12 heteroatoms. The van der Waals surface area contributed by atoms with Crippen molar-refractivity contribution in [1.82, 2.24) is 13.6 Å². The second-order valence-corrected chi connectivity index (χ2v) is 9.43. The van der Waals surface area contributed by atoms with E-state index in [0.29, 0.717) is 29.3 Å². The van der Waals surface area contributed by atoms with Crippen LogP contribution in [0.2, 0.25) is 0 Å². The lowest BCUT2D eigenvalue weighted by atomic mass is 9.74. The van der Waals surface area contributed by atoms with E-state index in [-0.39, 0.29) is 0 Å². The predicted octanol–water partition coefficient (Wildman–Crippen LogP) is 2.29. The van der Waals surface area contributed by atoms with Crippen LogP contribution in [0.15, 0.2) is 11.1 Å². The van der Waals surface area contributed by atoms with Crippen LogP contribution in [0.25, 0.3) is 5.57 Å². The Bertz CT molecular complexity index is 860. The van der Waals surface area contributed by atoms with Crippen LogP contribution in [-0.2, 0) is 14.4 Å². The van der Waals surface area contributed by atoms with Crippen LogP contribution >= 0.6 is 23.5 Å². The zero-order valence-electron chi connectivity index (χ0n) is 18.1. The number of rotatable bonds is 13. The summed E-state index contributed by atoms with van der Waals surface area (Å²) in [6.07, 6.45) is 5.44. The number of aliphatic hydroxyl groups is 1. The van der Waals surface area contributed by atoms with Crippen LogP contribution in [0.3, 0.4) is 0 Å². The minimum absolute atomic E-state index is 0.414. The van der Waals surface area contributed by atoms with Crippen molar-refractivity contribution in [3.05, 3.63) is 11.8 Å². The Balaban J connectivity index is 2.43. The third kappa shape index (κ3) is 6.06. The minimum atomic E-state index is -3.01. The van der Waals surface area contributed by atoms with Gasteiger partial charge in [-0.15, -0.1) is 11.8 Å². The molecule has 0 bridgehead atoms. The third-order valence-corrected chi connectivity index (χ3v) is 7.19. The molecule has 2 rings (SSSR count). The molecule has 3 unspecified atom stereocenters. The summed E-state index contributed by atoms with van der Waals surface area (Å²) in [4.78, 5) is 37.1. The van der Waals surface area contributed by atoms with Gasteiger partial charge in [-0.05, 0) is 31.2 Å². The summed E-state index contributed by atoms with van der Waals surface area (Å²) in [5.74, 6) is -6.22. The molecule has 1 aliphatic rings. The number of aromatic nitrogens is 2. The number of unbranched alkanes of at least 4 members (excludes halogenated alkanes) is 3. The first-order valence-electron chi connectivity index (χ1n) is 10.4. The normalized spacial score (nSPS) is 19.7. The molecule has 0 fully saturated rings. The van der Waals surface area contributed by atoms with Gasteiger partial charge < -0.3 is 20.4 Å². The first kappa shape index (κ1) is 26.2. The van der Waals surface area contributed by atoms with E-state index in [1.54, 1.807) is 18.0 Å². The van der Waals surface area contributed by atoms with Gasteiger partial charge in [0.25, 0.3) is 0 Å². The van der Waals surface area contributed by atoms with Crippen molar-refractivity contribution < 1.29 is 34.8 Å². The largest absolute Gasteiger partial charge is 0.481 e. The molecule has 3 atom stereocenters. The average molecular weight is 488 g/mol. The Morgan fingerprint density at radius 2 is 1.97 bits per heavy atom. The van der Waals surface area contributed by atoms with E-state index in [2.05, 4.69) is 15.7 Å². The predicted molar refractivity (Wildman–Crippen MR) is 120 cm³/mol. The van der Waals surface area contributed by atoms with Gasteiger partial charge in [-0.1, -0.05) is 32.3 Å². The van der Waals surface area contributed by atoms with Crippen LogP contribution in [-0.4, -0.2) is 83.0 Å². The molecule has 32 heavy (non-hydrogen) atoms. The van der Waals surface area contributed by atoms with Gasteiger partial charge in [0.05, 0.1) is 24.2 Å². The molecule has 0 aliphatic carbocycles. The summed E-state index contributed by atoms with van der Waals surface area (Å²) >= 11 is 2.48. The van der Waals surface area contributed by atoms with Crippen LogP contribution in [0.1, 0.15) is 51.1 Å². The second-order valence-electron chi connectivity index (χ2n) is 7.82. The van der Waals surface area contributed by atoms with Crippen molar-refractivity contribution in [2.45, 2.75) is 62.1 Å².